The number of H-pyrrole nitrogens is 2. The molecule has 3 N–H and O–H groups in total. The minimum Gasteiger partial charge on any atom is -0.477 e. The van der Waals surface area contributed by atoms with Gasteiger partial charge in [-0.2, -0.15) is 0 Å². The normalized spacial score (nSPS) is 10.7. The summed E-state index contributed by atoms with van der Waals surface area (Å²) in [6.45, 7) is 0. The third-order valence-corrected chi connectivity index (χ3v) is 2.95. The molecular formula is C14H10N2O3. The van der Waals surface area contributed by atoms with Crippen LogP contribution >= 0.6 is 0 Å². The first kappa shape index (κ1) is 11.3. The number of aromatic amines is 2. The molecule has 2 heterocycles. The Morgan fingerprint density at radius 2 is 2.00 bits per heavy atom. The molecule has 2 aromatic heterocycles. The number of para-hydroxylation sites is 1. The van der Waals surface area contributed by atoms with Gasteiger partial charge in [-0.15, -0.1) is 0 Å². The minimum absolute atomic E-state index is 0.119. The quantitative estimate of drug-likeness (QED) is 0.655. The summed E-state index contributed by atoms with van der Waals surface area (Å²) in [6.07, 6.45) is 1.80. The van der Waals surface area contributed by atoms with Crippen LogP contribution in [0.4, 0.5) is 0 Å². The summed E-state index contributed by atoms with van der Waals surface area (Å²) in [6, 6.07) is 10.0. The van der Waals surface area contributed by atoms with E-state index in [9.17, 15) is 9.59 Å². The van der Waals surface area contributed by atoms with E-state index in [2.05, 4.69) is 9.97 Å². The molecule has 0 fully saturated rings. The lowest BCUT2D eigenvalue weighted by molar-refractivity contribution is 0.0690. The van der Waals surface area contributed by atoms with Crippen molar-refractivity contribution in [2.75, 3.05) is 0 Å². The fourth-order valence-corrected chi connectivity index (χ4v) is 2.11. The summed E-state index contributed by atoms with van der Waals surface area (Å²) in [4.78, 5) is 28.4. The van der Waals surface area contributed by atoms with Crippen LogP contribution < -0.4 is 5.43 Å². The van der Waals surface area contributed by atoms with Gasteiger partial charge in [0, 0.05) is 29.3 Å². The molecule has 0 amide bonds. The van der Waals surface area contributed by atoms with Gasteiger partial charge in [0.15, 0.2) is 5.43 Å². The van der Waals surface area contributed by atoms with Crippen molar-refractivity contribution in [1.82, 2.24) is 9.97 Å². The largest absolute Gasteiger partial charge is 0.477 e. The number of pyridine rings is 1. The Morgan fingerprint density at radius 1 is 1.16 bits per heavy atom. The number of carbonyl (C=O) groups is 1. The van der Waals surface area contributed by atoms with Crippen molar-refractivity contribution in [2.24, 2.45) is 0 Å². The smallest absolute Gasteiger partial charge is 0.352 e. The van der Waals surface area contributed by atoms with Crippen molar-refractivity contribution >= 4 is 16.9 Å². The molecule has 0 aliphatic rings. The summed E-state index contributed by atoms with van der Waals surface area (Å²) in [5.74, 6) is -1.15. The number of carboxylic acids is 1. The van der Waals surface area contributed by atoms with Gasteiger partial charge in [-0.3, -0.25) is 4.79 Å². The number of hydrogen-bond donors (Lipinski definition) is 3. The Kier molecular flexibility index (Phi) is 2.45. The highest BCUT2D eigenvalue weighted by Crippen LogP contribution is 2.25. The standard InChI is InChI=1S/C14H10N2O3/c17-9-6-11(16-12(7-9)14(18)19)10-3-1-2-8-4-5-15-13(8)10/h1-7,15H,(H,16,17)(H,18,19). The molecule has 0 spiro atoms. The predicted octanol–water partition coefficient (Wildman–Crippen LogP) is 2.22. The highest BCUT2D eigenvalue weighted by Gasteiger charge is 2.10. The van der Waals surface area contributed by atoms with Crippen LogP contribution in [0.15, 0.2) is 47.4 Å². The zero-order chi connectivity index (χ0) is 13.4. The van der Waals surface area contributed by atoms with Gasteiger partial charge in [-0.05, 0) is 6.07 Å². The first-order valence-electron chi connectivity index (χ1n) is 5.69. The SMILES string of the molecule is O=C(O)c1cc(=O)cc(-c2cccc3cc[nH]c23)[nH]1. The predicted molar refractivity (Wildman–Crippen MR) is 71.3 cm³/mol. The molecule has 0 aliphatic carbocycles. The number of aromatic nitrogens is 2. The molecule has 0 aliphatic heterocycles. The van der Waals surface area contributed by atoms with E-state index in [1.165, 1.54) is 6.07 Å². The van der Waals surface area contributed by atoms with Crippen molar-refractivity contribution in [1.29, 1.82) is 0 Å². The Balaban J connectivity index is 2.30. The van der Waals surface area contributed by atoms with Gasteiger partial charge in [-0.1, -0.05) is 18.2 Å². The van der Waals surface area contributed by atoms with Crippen LogP contribution in [-0.4, -0.2) is 21.0 Å². The van der Waals surface area contributed by atoms with Gasteiger partial charge in [0.05, 0.1) is 11.2 Å². The third kappa shape index (κ3) is 1.91. The van der Waals surface area contributed by atoms with E-state index in [1.54, 1.807) is 6.20 Å². The Hall–Kier alpha value is -2.82. The fraction of sp³-hybridized carbons (Fsp3) is 0. The lowest BCUT2D eigenvalue weighted by Crippen LogP contribution is -2.09. The van der Waals surface area contributed by atoms with Crippen molar-refractivity contribution in [2.45, 2.75) is 0 Å². The molecule has 0 unspecified atom stereocenters. The topological polar surface area (TPSA) is 85.9 Å². The van der Waals surface area contributed by atoms with Gasteiger partial charge < -0.3 is 15.1 Å². The van der Waals surface area contributed by atoms with E-state index in [-0.39, 0.29) is 11.1 Å². The van der Waals surface area contributed by atoms with Gasteiger partial charge in [0.25, 0.3) is 0 Å². The van der Waals surface area contributed by atoms with Crippen molar-refractivity contribution in [3.63, 3.8) is 0 Å². The number of hydrogen-bond acceptors (Lipinski definition) is 2. The highest BCUT2D eigenvalue weighted by atomic mass is 16.4. The van der Waals surface area contributed by atoms with E-state index < -0.39 is 5.97 Å². The molecule has 0 atom stereocenters. The molecule has 5 nitrogen and oxygen atoms in total. The van der Waals surface area contributed by atoms with Crippen LogP contribution in [0.3, 0.4) is 0 Å². The zero-order valence-corrected chi connectivity index (χ0v) is 9.81. The first-order chi connectivity index (χ1) is 9.15. The molecule has 3 aromatic rings. The van der Waals surface area contributed by atoms with Crippen LogP contribution in [0.2, 0.25) is 0 Å². The van der Waals surface area contributed by atoms with E-state index in [0.717, 1.165) is 22.5 Å². The van der Waals surface area contributed by atoms with Gasteiger partial charge in [0.2, 0.25) is 0 Å². The van der Waals surface area contributed by atoms with Crippen molar-refractivity contribution in [3.05, 3.63) is 58.5 Å². The lowest BCUT2D eigenvalue weighted by Gasteiger charge is -2.05. The number of fused-ring (bicyclic) bond motifs is 1. The van der Waals surface area contributed by atoms with Crippen LogP contribution in [0.1, 0.15) is 10.5 Å². The van der Waals surface area contributed by atoms with Crippen LogP contribution in [0, 0.1) is 0 Å². The molecule has 1 aromatic carbocycles. The number of aromatic carboxylic acids is 1. The first-order valence-corrected chi connectivity index (χ1v) is 5.69. The molecule has 0 saturated heterocycles. The van der Waals surface area contributed by atoms with E-state index in [0.29, 0.717) is 5.69 Å². The maximum atomic E-state index is 11.6. The maximum Gasteiger partial charge on any atom is 0.352 e. The molecule has 0 saturated carbocycles. The molecule has 5 heteroatoms. The molecule has 94 valence electrons. The summed E-state index contributed by atoms with van der Waals surface area (Å²) in [5, 5.41) is 9.98. The second kappa shape index (κ2) is 4.13. The second-order valence-electron chi connectivity index (χ2n) is 4.20. The van der Waals surface area contributed by atoms with Gasteiger partial charge in [0.1, 0.15) is 5.69 Å². The summed E-state index contributed by atoms with van der Waals surface area (Å²) in [5.41, 5.74) is 1.65. The Bertz CT molecular complexity index is 830. The molecule has 0 bridgehead atoms. The Morgan fingerprint density at radius 3 is 2.79 bits per heavy atom. The van der Waals surface area contributed by atoms with Crippen LogP contribution in [-0.2, 0) is 0 Å². The second-order valence-corrected chi connectivity index (χ2v) is 4.20. The maximum absolute atomic E-state index is 11.6. The summed E-state index contributed by atoms with van der Waals surface area (Å²) >= 11 is 0. The average Bonchev–Trinajstić information content (AvgIpc) is 2.85. The summed E-state index contributed by atoms with van der Waals surface area (Å²) < 4.78 is 0. The number of carboxylic acid groups (broad SMARTS) is 1. The van der Waals surface area contributed by atoms with E-state index >= 15 is 0 Å². The van der Waals surface area contributed by atoms with Crippen molar-refractivity contribution < 1.29 is 9.90 Å². The number of nitrogens with one attached hydrogen (secondary N) is 2. The lowest BCUT2D eigenvalue weighted by atomic mass is 10.1. The third-order valence-electron chi connectivity index (χ3n) is 2.95. The van der Waals surface area contributed by atoms with Gasteiger partial charge in [-0.25, -0.2) is 4.79 Å². The fourth-order valence-electron chi connectivity index (χ4n) is 2.11. The van der Waals surface area contributed by atoms with Crippen molar-refractivity contribution in [3.8, 4) is 11.3 Å². The van der Waals surface area contributed by atoms with E-state index in [1.807, 2.05) is 24.3 Å². The van der Waals surface area contributed by atoms with Crippen LogP contribution in [0.5, 0.6) is 0 Å². The minimum atomic E-state index is -1.15. The molecule has 0 radical (unpaired) electrons. The highest BCUT2D eigenvalue weighted by molar-refractivity contribution is 5.94. The summed E-state index contributed by atoms with van der Waals surface area (Å²) in [7, 11) is 0. The van der Waals surface area contributed by atoms with Crippen LogP contribution in [0.25, 0.3) is 22.2 Å². The van der Waals surface area contributed by atoms with E-state index in [4.69, 9.17) is 5.11 Å². The zero-order valence-electron chi connectivity index (χ0n) is 9.81. The molecule has 3 rings (SSSR count). The number of rotatable bonds is 2. The Labute approximate surface area is 107 Å². The number of benzene rings is 1. The molecule has 19 heavy (non-hydrogen) atoms. The van der Waals surface area contributed by atoms with Gasteiger partial charge >= 0.3 is 5.97 Å². The average molecular weight is 254 g/mol. The molecular weight excluding hydrogens is 244 g/mol. The monoisotopic (exact) mass is 254 g/mol.